The standard InChI is InChI=1S/C12H17NO3/c1-9-7-10(3-4-11(9)16-2)8-13-6-5-12(14)15/h3-4,7,13H,5-6,8H2,1-2H3,(H,14,15). The number of hydrogen-bond donors (Lipinski definition) is 2. The fourth-order valence-corrected chi connectivity index (χ4v) is 1.48. The van der Waals surface area contributed by atoms with Gasteiger partial charge >= 0.3 is 5.97 Å². The van der Waals surface area contributed by atoms with Gasteiger partial charge in [0.2, 0.25) is 0 Å². The van der Waals surface area contributed by atoms with E-state index in [1.165, 1.54) is 0 Å². The second-order valence-corrected chi connectivity index (χ2v) is 3.62. The Labute approximate surface area is 95.2 Å². The van der Waals surface area contributed by atoms with Crippen LogP contribution in [0.3, 0.4) is 0 Å². The van der Waals surface area contributed by atoms with Crippen molar-refractivity contribution in [3.8, 4) is 5.75 Å². The molecule has 0 atom stereocenters. The van der Waals surface area contributed by atoms with Crippen LogP contribution in [-0.4, -0.2) is 24.7 Å². The third-order valence-electron chi connectivity index (χ3n) is 2.30. The number of nitrogens with one attached hydrogen (secondary N) is 1. The summed E-state index contributed by atoms with van der Waals surface area (Å²) >= 11 is 0. The topological polar surface area (TPSA) is 58.6 Å². The number of ether oxygens (including phenoxy) is 1. The van der Waals surface area contributed by atoms with E-state index in [4.69, 9.17) is 9.84 Å². The molecule has 0 aliphatic heterocycles. The predicted octanol–water partition coefficient (Wildman–Crippen LogP) is 1.57. The highest BCUT2D eigenvalue weighted by atomic mass is 16.5. The van der Waals surface area contributed by atoms with Gasteiger partial charge in [0, 0.05) is 13.1 Å². The van der Waals surface area contributed by atoms with Crippen molar-refractivity contribution < 1.29 is 14.6 Å². The Balaban J connectivity index is 2.43. The molecule has 88 valence electrons. The maximum Gasteiger partial charge on any atom is 0.304 e. The Morgan fingerprint density at radius 2 is 2.25 bits per heavy atom. The van der Waals surface area contributed by atoms with Gasteiger partial charge in [0.1, 0.15) is 5.75 Å². The summed E-state index contributed by atoms with van der Waals surface area (Å²) < 4.78 is 5.16. The average Bonchev–Trinajstić information content (AvgIpc) is 2.24. The van der Waals surface area contributed by atoms with Gasteiger partial charge in [0.05, 0.1) is 13.5 Å². The molecule has 0 aliphatic carbocycles. The van der Waals surface area contributed by atoms with Crippen molar-refractivity contribution >= 4 is 5.97 Å². The SMILES string of the molecule is COc1ccc(CNCCC(=O)O)cc1C. The van der Waals surface area contributed by atoms with E-state index in [9.17, 15) is 4.79 Å². The molecular formula is C12H17NO3. The molecule has 0 saturated heterocycles. The van der Waals surface area contributed by atoms with E-state index in [-0.39, 0.29) is 6.42 Å². The Bertz CT molecular complexity index is 363. The first kappa shape index (κ1) is 12.5. The van der Waals surface area contributed by atoms with E-state index in [1.807, 2.05) is 25.1 Å². The lowest BCUT2D eigenvalue weighted by Gasteiger charge is -2.08. The summed E-state index contributed by atoms with van der Waals surface area (Å²) in [6.07, 6.45) is 0.148. The lowest BCUT2D eigenvalue weighted by atomic mass is 10.1. The number of aliphatic carboxylic acids is 1. The number of carboxylic acid groups (broad SMARTS) is 1. The molecule has 16 heavy (non-hydrogen) atoms. The zero-order valence-electron chi connectivity index (χ0n) is 9.62. The quantitative estimate of drug-likeness (QED) is 0.719. The fourth-order valence-electron chi connectivity index (χ4n) is 1.48. The Morgan fingerprint density at radius 1 is 1.50 bits per heavy atom. The van der Waals surface area contributed by atoms with E-state index < -0.39 is 5.97 Å². The number of hydrogen-bond acceptors (Lipinski definition) is 3. The van der Waals surface area contributed by atoms with Crippen LogP contribution in [0.5, 0.6) is 5.75 Å². The number of aryl methyl sites for hydroxylation is 1. The van der Waals surface area contributed by atoms with Crippen LogP contribution in [0.2, 0.25) is 0 Å². The normalized spacial score (nSPS) is 10.1. The molecule has 1 rings (SSSR count). The molecule has 0 unspecified atom stereocenters. The lowest BCUT2D eigenvalue weighted by Crippen LogP contribution is -2.17. The monoisotopic (exact) mass is 223 g/mol. The first-order chi connectivity index (χ1) is 7.63. The van der Waals surface area contributed by atoms with Gasteiger partial charge in [-0.25, -0.2) is 0 Å². The van der Waals surface area contributed by atoms with Crippen LogP contribution in [0.25, 0.3) is 0 Å². The van der Waals surface area contributed by atoms with Gasteiger partial charge < -0.3 is 15.2 Å². The molecule has 0 radical (unpaired) electrons. The van der Waals surface area contributed by atoms with Crippen molar-refractivity contribution in [2.45, 2.75) is 19.9 Å². The summed E-state index contributed by atoms with van der Waals surface area (Å²) in [7, 11) is 1.65. The van der Waals surface area contributed by atoms with Crippen molar-refractivity contribution in [1.82, 2.24) is 5.32 Å². The largest absolute Gasteiger partial charge is 0.496 e. The van der Waals surface area contributed by atoms with Crippen LogP contribution in [0, 0.1) is 6.92 Å². The van der Waals surface area contributed by atoms with Gasteiger partial charge in [0.25, 0.3) is 0 Å². The molecule has 0 aromatic heterocycles. The lowest BCUT2D eigenvalue weighted by molar-refractivity contribution is -0.136. The van der Waals surface area contributed by atoms with Crippen LogP contribution in [0.4, 0.5) is 0 Å². The van der Waals surface area contributed by atoms with E-state index in [2.05, 4.69) is 5.32 Å². The molecule has 4 nitrogen and oxygen atoms in total. The number of rotatable bonds is 6. The molecule has 0 spiro atoms. The predicted molar refractivity (Wildman–Crippen MR) is 61.7 cm³/mol. The number of benzene rings is 1. The Morgan fingerprint density at radius 3 is 2.81 bits per heavy atom. The first-order valence-corrected chi connectivity index (χ1v) is 5.19. The highest BCUT2D eigenvalue weighted by Gasteiger charge is 2.00. The summed E-state index contributed by atoms with van der Waals surface area (Å²) in [6, 6.07) is 5.93. The third kappa shape index (κ3) is 3.90. The van der Waals surface area contributed by atoms with E-state index >= 15 is 0 Å². The number of carbonyl (C=O) groups is 1. The smallest absolute Gasteiger partial charge is 0.304 e. The van der Waals surface area contributed by atoms with Crippen molar-refractivity contribution in [1.29, 1.82) is 0 Å². The fraction of sp³-hybridized carbons (Fsp3) is 0.417. The molecule has 0 fully saturated rings. The molecular weight excluding hydrogens is 206 g/mol. The minimum Gasteiger partial charge on any atom is -0.496 e. The minimum absolute atomic E-state index is 0.148. The van der Waals surface area contributed by atoms with Crippen LogP contribution in [0.1, 0.15) is 17.5 Å². The molecule has 0 aliphatic rings. The molecule has 2 N–H and O–H groups in total. The van der Waals surface area contributed by atoms with Gasteiger partial charge in [-0.3, -0.25) is 4.79 Å². The second kappa shape index (κ2) is 6.12. The Hall–Kier alpha value is -1.55. The molecule has 1 aromatic carbocycles. The van der Waals surface area contributed by atoms with Gasteiger partial charge in [-0.2, -0.15) is 0 Å². The molecule has 0 amide bonds. The van der Waals surface area contributed by atoms with Crippen molar-refractivity contribution in [3.63, 3.8) is 0 Å². The zero-order chi connectivity index (χ0) is 12.0. The van der Waals surface area contributed by atoms with Crippen LogP contribution < -0.4 is 10.1 Å². The summed E-state index contributed by atoms with van der Waals surface area (Å²) in [6.45, 7) is 3.15. The number of carboxylic acids is 1. The summed E-state index contributed by atoms with van der Waals surface area (Å²) in [4.78, 5) is 10.3. The highest BCUT2D eigenvalue weighted by molar-refractivity contribution is 5.66. The summed E-state index contributed by atoms with van der Waals surface area (Å²) in [5.41, 5.74) is 2.21. The summed E-state index contributed by atoms with van der Waals surface area (Å²) in [5.74, 6) is 0.0905. The molecule has 4 heteroatoms. The second-order valence-electron chi connectivity index (χ2n) is 3.62. The van der Waals surface area contributed by atoms with E-state index in [0.29, 0.717) is 13.1 Å². The van der Waals surface area contributed by atoms with E-state index in [1.54, 1.807) is 7.11 Å². The maximum atomic E-state index is 10.3. The van der Waals surface area contributed by atoms with Gasteiger partial charge in [0.15, 0.2) is 0 Å². The maximum absolute atomic E-state index is 10.3. The number of methoxy groups -OCH3 is 1. The van der Waals surface area contributed by atoms with Gasteiger partial charge in [-0.1, -0.05) is 12.1 Å². The van der Waals surface area contributed by atoms with Crippen LogP contribution >= 0.6 is 0 Å². The van der Waals surface area contributed by atoms with Gasteiger partial charge in [-0.05, 0) is 24.1 Å². The third-order valence-corrected chi connectivity index (χ3v) is 2.30. The van der Waals surface area contributed by atoms with E-state index in [0.717, 1.165) is 16.9 Å². The van der Waals surface area contributed by atoms with Crippen LogP contribution in [0.15, 0.2) is 18.2 Å². The summed E-state index contributed by atoms with van der Waals surface area (Å²) in [5, 5.41) is 11.5. The molecule has 1 aromatic rings. The highest BCUT2D eigenvalue weighted by Crippen LogP contribution is 2.18. The van der Waals surface area contributed by atoms with Crippen molar-refractivity contribution in [2.75, 3.05) is 13.7 Å². The van der Waals surface area contributed by atoms with Gasteiger partial charge in [-0.15, -0.1) is 0 Å². The van der Waals surface area contributed by atoms with Crippen molar-refractivity contribution in [3.05, 3.63) is 29.3 Å². The zero-order valence-corrected chi connectivity index (χ0v) is 9.62. The first-order valence-electron chi connectivity index (χ1n) is 5.19. The Kier molecular flexibility index (Phi) is 4.79. The molecule has 0 bridgehead atoms. The average molecular weight is 223 g/mol. The molecule has 0 saturated carbocycles. The minimum atomic E-state index is -0.779. The molecule has 0 heterocycles. The van der Waals surface area contributed by atoms with Crippen molar-refractivity contribution in [2.24, 2.45) is 0 Å². The van der Waals surface area contributed by atoms with Crippen LogP contribution in [-0.2, 0) is 11.3 Å².